The Hall–Kier alpha value is -1.76. The lowest BCUT2D eigenvalue weighted by Crippen LogP contribution is -2.54. The minimum absolute atomic E-state index is 0.154. The van der Waals surface area contributed by atoms with E-state index in [-0.39, 0.29) is 25.0 Å². The maximum Gasteiger partial charge on any atom is 0.261 e. The van der Waals surface area contributed by atoms with Gasteiger partial charge in [0.05, 0.1) is 4.47 Å². The van der Waals surface area contributed by atoms with Gasteiger partial charge in [-0.05, 0) is 84.4 Å². The molecule has 0 unspecified atom stereocenters. The maximum absolute atomic E-state index is 13.4. The summed E-state index contributed by atoms with van der Waals surface area (Å²) in [5, 5.41) is 3.92. The van der Waals surface area contributed by atoms with Gasteiger partial charge in [-0.3, -0.25) is 9.59 Å². The van der Waals surface area contributed by atoms with Crippen molar-refractivity contribution in [3.8, 4) is 5.75 Å². The number of amides is 2. The molecule has 0 aliphatic rings. The van der Waals surface area contributed by atoms with E-state index in [1.807, 2.05) is 45.9 Å². The molecule has 0 saturated heterocycles. The molecule has 0 aliphatic heterocycles. The normalized spacial score (nSPS) is 12.4. The maximum atomic E-state index is 13.4. The van der Waals surface area contributed by atoms with Crippen LogP contribution in [0.2, 0.25) is 10.0 Å². The molecule has 5 nitrogen and oxygen atoms in total. The molecule has 0 spiro atoms. The van der Waals surface area contributed by atoms with Crippen LogP contribution in [-0.4, -0.2) is 34.9 Å². The van der Waals surface area contributed by atoms with Gasteiger partial charge >= 0.3 is 0 Å². The number of ether oxygens (including phenoxy) is 1. The van der Waals surface area contributed by atoms with E-state index in [4.69, 9.17) is 27.9 Å². The van der Waals surface area contributed by atoms with Crippen molar-refractivity contribution in [2.45, 2.75) is 72.0 Å². The number of halogens is 3. The number of hydrogen-bond acceptors (Lipinski definition) is 3. The largest absolute Gasteiger partial charge is 0.483 e. The van der Waals surface area contributed by atoms with Crippen LogP contribution < -0.4 is 10.1 Å². The molecule has 0 bridgehead atoms. The van der Waals surface area contributed by atoms with Crippen LogP contribution in [0, 0.1) is 0 Å². The molecule has 0 aromatic heterocycles. The zero-order chi connectivity index (χ0) is 25.6. The van der Waals surface area contributed by atoms with Gasteiger partial charge in [0.2, 0.25) is 5.91 Å². The van der Waals surface area contributed by atoms with Crippen molar-refractivity contribution in [1.82, 2.24) is 10.2 Å². The van der Waals surface area contributed by atoms with Crippen LogP contribution in [-0.2, 0) is 16.1 Å². The van der Waals surface area contributed by atoms with E-state index in [0.717, 1.165) is 10.0 Å². The van der Waals surface area contributed by atoms with Crippen LogP contribution in [0.25, 0.3) is 0 Å². The number of rotatable bonds is 9. The third-order valence-electron chi connectivity index (χ3n) is 5.21. The molecule has 186 valence electrons. The number of nitrogens with one attached hydrogen (secondary N) is 1. The molecule has 0 saturated carbocycles. The van der Waals surface area contributed by atoms with Crippen LogP contribution in [0.4, 0.5) is 0 Å². The first-order valence-electron chi connectivity index (χ1n) is 11.3. The Kier molecular flexibility index (Phi) is 10.3. The number of carbonyl (C=O) groups is 2. The zero-order valence-electron chi connectivity index (χ0n) is 20.5. The van der Waals surface area contributed by atoms with Crippen molar-refractivity contribution in [3.05, 3.63) is 62.0 Å². The average Bonchev–Trinajstić information content (AvgIpc) is 2.72. The van der Waals surface area contributed by atoms with Crippen LogP contribution in [0.1, 0.15) is 65.0 Å². The minimum atomic E-state index is -0.686. The van der Waals surface area contributed by atoms with E-state index < -0.39 is 11.6 Å². The van der Waals surface area contributed by atoms with Gasteiger partial charge in [-0.1, -0.05) is 56.1 Å². The van der Waals surface area contributed by atoms with E-state index in [1.54, 1.807) is 18.2 Å². The van der Waals surface area contributed by atoms with Gasteiger partial charge < -0.3 is 15.0 Å². The summed E-state index contributed by atoms with van der Waals surface area (Å²) in [6, 6.07) is 10.2. The number of nitrogens with zero attached hydrogens (tertiary/aromatic N) is 1. The lowest BCUT2D eigenvalue weighted by Gasteiger charge is -2.33. The Morgan fingerprint density at radius 2 is 1.79 bits per heavy atom. The molecule has 34 heavy (non-hydrogen) atoms. The number of carbonyl (C=O) groups excluding carboxylic acids is 2. The summed E-state index contributed by atoms with van der Waals surface area (Å²) < 4.78 is 6.63. The smallest absolute Gasteiger partial charge is 0.261 e. The van der Waals surface area contributed by atoms with Gasteiger partial charge in [-0.15, -0.1) is 0 Å². The molecule has 0 radical (unpaired) electrons. The monoisotopic (exact) mass is 570 g/mol. The third-order valence-corrected chi connectivity index (χ3v) is 6.42. The second-order valence-electron chi connectivity index (χ2n) is 9.55. The summed E-state index contributed by atoms with van der Waals surface area (Å²) in [6.45, 7) is 11.7. The number of benzene rings is 2. The zero-order valence-corrected chi connectivity index (χ0v) is 23.6. The lowest BCUT2D eigenvalue weighted by atomic mass is 10.0. The summed E-state index contributed by atoms with van der Waals surface area (Å²) in [6.07, 6.45) is 0.436. The summed E-state index contributed by atoms with van der Waals surface area (Å²) in [7, 11) is 0. The molecule has 2 aromatic carbocycles. The van der Waals surface area contributed by atoms with E-state index in [2.05, 4.69) is 35.1 Å². The Morgan fingerprint density at radius 3 is 2.32 bits per heavy atom. The van der Waals surface area contributed by atoms with Crippen molar-refractivity contribution in [2.24, 2.45) is 0 Å². The van der Waals surface area contributed by atoms with Crippen LogP contribution in [0.3, 0.4) is 0 Å². The Labute approximate surface area is 221 Å². The molecule has 8 heteroatoms. The van der Waals surface area contributed by atoms with Gasteiger partial charge in [-0.2, -0.15) is 0 Å². The molecule has 0 fully saturated rings. The van der Waals surface area contributed by atoms with Gasteiger partial charge in [0, 0.05) is 22.1 Å². The second-order valence-corrected chi connectivity index (χ2v) is 11.3. The van der Waals surface area contributed by atoms with Gasteiger partial charge in [-0.25, -0.2) is 0 Å². The fraction of sp³-hybridized carbons (Fsp3) is 0.462. The van der Waals surface area contributed by atoms with Gasteiger partial charge in [0.1, 0.15) is 11.8 Å². The molecular formula is C26H33BrCl2N2O3. The third kappa shape index (κ3) is 8.17. The molecular weight excluding hydrogens is 539 g/mol. The van der Waals surface area contributed by atoms with E-state index in [0.29, 0.717) is 33.7 Å². The number of hydrogen-bond donors (Lipinski definition) is 1. The molecule has 0 heterocycles. The van der Waals surface area contributed by atoms with Gasteiger partial charge in [0.25, 0.3) is 5.91 Å². The van der Waals surface area contributed by atoms with Crippen LogP contribution in [0.15, 0.2) is 40.9 Å². The SMILES string of the molecule is CC[C@@H](C(=O)NC(C)(C)C)N(Cc1ccc(Cl)cc1Cl)C(=O)COc1ccc(C(C)C)cc1Br. The molecule has 2 amide bonds. The average molecular weight is 572 g/mol. The van der Waals surface area contributed by atoms with Gasteiger partial charge in [0.15, 0.2) is 6.61 Å². The molecule has 1 N–H and O–H groups in total. The summed E-state index contributed by atoms with van der Waals surface area (Å²) >= 11 is 16.0. The van der Waals surface area contributed by atoms with Crippen molar-refractivity contribution in [3.63, 3.8) is 0 Å². The highest BCUT2D eigenvalue weighted by Crippen LogP contribution is 2.29. The van der Waals surface area contributed by atoms with E-state index in [9.17, 15) is 9.59 Å². The van der Waals surface area contributed by atoms with Crippen molar-refractivity contribution < 1.29 is 14.3 Å². The standard InChI is InChI=1S/C26H33BrCl2N2O3/c1-7-22(25(33)30-26(4,5)6)31(14-18-8-10-19(28)13-21(18)29)24(32)15-34-23-11-9-17(16(2)3)12-20(23)27/h8-13,16,22H,7,14-15H2,1-6H3,(H,30,33)/t22-/m0/s1. The summed E-state index contributed by atoms with van der Waals surface area (Å²) in [4.78, 5) is 28.0. The van der Waals surface area contributed by atoms with Crippen molar-refractivity contribution >= 4 is 50.9 Å². The highest BCUT2D eigenvalue weighted by molar-refractivity contribution is 9.10. The van der Waals surface area contributed by atoms with Crippen LogP contribution in [0.5, 0.6) is 5.75 Å². The lowest BCUT2D eigenvalue weighted by molar-refractivity contribution is -0.143. The Balaban J connectivity index is 2.29. The fourth-order valence-corrected chi connectivity index (χ4v) is 4.40. The van der Waals surface area contributed by atoms with E-state index in [1.165, 1.54) is 4.90 Å². The molecule has 1 atom stereocenters. The van der Waals surface area contributed by atoms with E-state index >= 15 is 0 Å². The Bertz CT molecular complexity index is 1020. The first-order valence-corrected chi connectivity index (χ1v) is 12.8. The summed E-state index contributed by atoms with van der Waals surface area (Å²) in [5.74, 6) is 0.394. The topological polar surface area (TPSA) is 58.6 Å². The molecule has 2 aromatic rings. The quantitative estimate of drug-likeness (QED) is 0.353. The fourth-order valence-electron chi connectivity index (χ4n) is 3.42. The Morgan fingerprint density at radius 1 is 1.12 bits per heavy atom. The van der Waals surface area contributed by atoms with Crippen molar-refractivity contribution in [2.75, 3.05) is 6.61 Å². The molecule has 2 rings (SSSR count). The minimum Gasteiger partial charge on any atom is -0.483 e. The predicted octanol–water partition coefficient (Wildman–Crippen LogP) is 6.98. The highest BCUT2D eigenvalue weighted by Gasteiger charge is 2.31. The predicted molar refractivity (Wildman–Crippen MR) is 143 cm³/mol. The second kappa shape index (κ2) is 12.3. The van der Waals surface area contributed by atoms with Crippen LogP contribution >= 0.6 is 39.1 Å². The molecule has 0 aliphatic carbocycles. The summed E-state index contributed by atoms with van der Waals surface area (Å²) in [5.41, 5.74) is 1.43. The first kappa shape index (κ1) is 28.5. The van der Waals surface area contributed by atoms with Crippen molar-refractivity contribution in [1.29, 1.82) is 0 Å². The highest BCUT2D eigenvalue weighted by atomic mass is 79.9. The first-order chi connectivity index (χ1) is 15.8.